The lowest BCUT2D eigenvalue weighted by Gasteiger charge is -2.24. The highest BCUT2D eigenvalue weighted by Crippen LogP contribution is 2.31. The van der Waals surface area contributed by atoms with Crippen molar-refractivity contribution in [3.63, 3.8) is 0 Å². The number of aryl methyl sites for hydroxylation is 1. The lowest BCUT2D eigenvalue weighted by Crippen LogP contribution is -2.42. The third kappa shape index (κ3) is 4.47. The fourth-order valence-corrected chi connectivity index (χ4v) is 4.46. The number of carbonyl (C=O) groups excluding carboxylic acids is 1. The predicted molar refractivity (Wildman–Crippen MR) is 133 cm³/mol. The molecule has 0 radical (unpaired) electrons. The van der Waals surface area contributed by atoms with Crippen LogP contribution in [0, 0.1) is 18.6 Å². The number of methoxy groups -OCH3 is 1. The number of anilines is 2. The SMILES string of the molecule is COc1ccc(-c2cnc3c(Nc4ccc(C(=O)NC5CCNCC5)c(C)c4)nccn23)c(F)c1F. The first-order valence-electron chi connectivity index (χ1n) is 11.7. The molecule has 1 amide bonds. The summed E-state index contributed by atoms with van der Waals surface area (Å²) < 4.78 is 35.5. The van der Waals surface area contributed by atoms with Gasteiger partial charge in [0.15, 0.2) is 23.0 Å². The average molecular weight is 493 g/mol. The largest absolute Gasteiger partial charge is 0.494 e. The standard InChI is InChI=1S/C26H26F2N6O2/c1-15-13-17(3-4-18(15)26(35)33-16-7-9-29-10-8-16)32-24-25-31-14-20(34(25)12-11-30-24)19-5-6-21(36-2)23(28)22(19)27/h3-6,11-14,16,29H,7-10H2,1-2H3,(H,30,32)(H,33,35). The van der Waals surface area contributed by atoms with Gasteiger partial charge in [0.25, 0.3) is 5.91 Å². The molecular weight excluding hydrogens is 466 g/mol. The van der Waals surface area contributed by atoms with Crippen LogP contribution in [0.15, 0.2) is 48.9 Å². The summed E-state index contributed by atoms with van der Waals surface area (Å²) >= 11 is 0. The zero-order valence-corrected chi connectivity index (χ0v) is 19.9. The van der Waals surface area contributed by atoms with Gasteiger partial charge in [-0.1, -0.05) is 0 Å². The van der Waals surface area contributed by atoms with Crippen LogP contribution in [0.1, 0.15) is 28.8 Å². The molecule has 0 saturated carbocycles. The van der Waals surface area contributed by atoms with E-state index in [-0.39, 0.29) is 23.3 Å². The Morgan fingerprint density at radius 3 is 2.69 bits per heavy atom. The fourth-order valence-electron chi connectivity index (χ4n) is 4.46. The van der Waals surface area contributed by atoms with E-state index in [2.05, 4.69) is 25.9 Å². The monoisotopic (exact) mass is 492 g/mol. The van der Waals surface area contributed by atoms with Gasteiger partial charge < -0.3 is 20.7 Å². The van der Waals surface area contributed by atoms with Crippen molar-refractivity contribution in [2.45, 2.75) is 25.8 Å². The van der Waals surface area contributed by atoms with Crippen LogP contribution in [0.3, 0.4) is 0 Å². The number of nitrogens with one attached hydrogen (secondary N) is 3. The smallest absolute Gasteiger partial charge is 0.251 e. The summed E-state index contributed by atoms with van der Waals surface area (Å²) in [6.07, 6.45) is 6.47. The Morgan fingerprint density at radius 1 is 1.14 bits per heavy atom. The molecule has 0 aliphatic carbocycles. The Bertz CT molecular complexity index is 1430. The van der Waals surface area contributed by atoms with Crippen molar-refractivity contribution in [1.29, 1.82) is 0 Å². The third-order valence-electron chi connectivity index (χ3n) is 6.38. The highest BCUT2D eigenvalue weighted by molar-refractivity contribution is 5.96. The number of benzene rings is 2. The normalized spacial score (nSPS) is 14.1. The number of halogens is 2. The molecule has 8 nitrogen and oxygen atoms in total. The van der Waals surface area contributed by atoms with E-state index in [1.54, 1.807) is 28.9 Å². The average Bonchev–Trinajstić information content (AvgIpc) is 3.31. The molecule has 10 heteroatoms. The maximum absolute atomic E-state index is 14.7. The third-order valence-corrected chi connectivity index (χ3v) is 6.38. The number of piperidine rings is 1. The maximum atomic E-state index is 14.7. The maximum Gasteiger partial charge on any atom is 0.251 e. The molecule has 0 spiro atoms. The number of fused-ring (bicyclic) bond motifs is 1. The number of hydrogen-bond donors (Lipinski definition) is 3. The summed E-state index contributed by atoms with van der Waals surface area (Å²) in [6, 6.07) is 8.45. The summed E-state index contributed by atoms with van der Waals surface area (Å²) in [4.78, 5) is 21.5. The van der Waals surface area contributed by atoms with Crippen molar-refractivity contribution in [2.75, 3.05) is 25.5 Å². The molecule has 0 bridgehead atoms. The molecule has 5 rings (SSSR count). The zero-order valence-electron chi connectivity index (χ0n) is 19.9. The molecule has 1 saturated heterocycles. The van der Waals surface area contributed by atoms with Gasteiger partial charge in [-0.05, 0) is 68.8 Å². The molecule has 3 N–H and O–H groups in total. The molecule has 1 aliphatic heterocycles. The number of carbonyl (C=O) groups is 1. The second-order valence-electron chi connectivity index (χ2n) is 8.71. The number of rotatable bonds is 6. The van der Waals surface area contributed by atoms with Crippen LogP contribution in [0.5, 0.6) is 5.75 Å². The molecule has 36 heavy (non-hydrogen) atoms. The first kappa shape index (κ1) is 23.7. The number of aromatic nitrogens is 3. The van der Waals surface area contributed by atoms with Crippen molar-refractivity contribution in [3.05, 3.63) is 71.7 Å². The highest BCUT2D eigenvalue weighted by Gasteiger charge is 2.20. The van der Waals surface area contributed by atoms with Crippen molar-refractivity contribution in [2.24, 2.45) is 0 Å². The zero-order chi connectivity index (χ0) is 25.2. The van der Waals surface area contributed by atoms with Crippen molar-refractivity contribution in [3.8, 4) is 17.0 Å². The molecule has 0 atom stereocenters. The van der Waals surface area contributed by atoms with Crippen molar-refractivity contribution >= 4 is 23.1 Å². The lowest BCUT2D eigenvalue weighted by atomic mass is 10.0. The minimum absolute atomic E-state index is 0.0536. The van der Waals surface area contributed by atoms with E-state index in [1.165, 1.54) is 25.4 Å². The Hall–Kier alpha value is -4.05. The predicted octanol–water partition coefficient (Wildman–Crippen LogP) is 4.22. The molecule has 2 aromatic heterocycles. The molecule has 2 aromatic carbocycles. The first-order chi connectivity index (χ1) is 17.5. The summed E-state index contributed by atoms with van der Waals surface area (Å²) in [5, 5.41) is 9.63. The minimum atomic E-state index is -1.06. The molecule has 4 aromatic rings. The van der Waals surface area contributed by atoms with E-state index in [4.69, 9.17) is 4.74 Å². The first-order valence-corrected chi connectivity index (χ1v) is 11.7. The van der Waals surface area contributed by atoms with Crippen LogP contribution in [0.2, 0.25) is 0 Å². The molecular formula is C26H26F2N6O2. The van der Waals surface area contributed by atoms with Crippen LogP contribution in [0.25, 0.3) is 16.9 Å². The second-order valence-corrected chi connectivity index (χ2v) is 8.71. The molecule has 1 aliphatic rings. The van der Waals surface area contributed by atoms with Crippen molar-refractivity contribution < 1.29 is 18.3 Å². The van der Waals surface area contributed by atoms with Crippen LogP contribution in [-0.4, -0.2) is 46.5 Å². The summed E-state index contributed by atoms with van der Waals surface area (Å²) in [7, 11) is 1.28. The summed E-state index contributed by atoms with van der Waals surface area (Å²) in [5.74, 6) is -1.90. The van der Waals surface area contributed by atoms with E-state index in [1.807, 2.05) is 13.0 Å². The van der Waals surface area contributed by atoms with Gasteiger partial charge in [0.2, 0.25) is 5.82 Å². The summed E-state index contributed by atoms with van der Waals surface area (Å²) in [6.45, 7) is 3.69. The number of hydrogen-bond acceptors (Lipinski definition) is 6. The number of amides is 1. The number of ether oxygens (including phenoxy) is 1. The number of nitrogens with zero attached hydrogens (tertiary/aromatic N) is 3. The van der Waals surface area contributed by atoms with Gasteiger partial charge >= 0.3 is 0 Å². The van der Waals surface area contributed by atoms with E-state index in [0.717, 1.165) is 37.2 Å². The van der Waals surface area contributed by atoms with E-state index in [9.17, 15) is 13.6 Å². The molecule has 1 fully saturated rings. The summed E-state index contributed by atoms with van der Waals surface area (Å²) in [5.41, 5.74) is 3.02. The van der Waals surface area contributed by atoms with Crippen LogP contribution in [0.4, 0.5) is 20.3 Å². The quantitative estimate of drug-likeness (QED) is 0.373. The van der Waals surface area contributed by atoms with Crippen LogP contribution in [-0.2, 0) is 0 Å². The van der Waals surface area contributed by atoms with E-state index in [0.29, 0.717) is 22.7 Å². The Morgan fingerprint density at radius 2 is 1.94 bits per heavy atom. The molecule has 0 unspecified atom stereocenters. The van der Waals surface area contributed by atoms with Gasteiger partial charge in [-0.25, -0.2) is 14.4 Å². The Kier molecular flexibility index (Phi) is 6.51. The van der Waals surface area contributed by atoms with Gasteiger partial charge in [0, 0.05) is 35.2 Å². The Labute approximate surface area is 206 Å². The molecule has 3 heterocycles. The van der Waals surface area contributed by atoms with Gasteiger partial charge in [-0.3, -0.25) is 9.20 Å². The lowest BCUT2D eigenvalue weighted by molar-refractivity contribution is 0.0929. The second kappa shape index (κ2) is 9.90. The fraction of sp³-hybridized carbons (Fsp3) is 0.269. The van der Waals surface area contributed by atoms with E-state index >= 15 is 0 Å². The topological polar surface area (TPSA) is 92.6 Å². The van der Waals surface area contributed by atoms with Gasteiger partial charge in [-0.15, -0.1) is 0 Å². The molecule has 186 valence electrons. The van der Waals surface area contributed by atoms with Crippen LogP contribution < -0.4 is 20.7 Å². The van der Waals surface area contributed by atoms with E-state index < -0.39 is 11.6 Å². The highest BCUT2D eigenvalue weighted by atomic mass is 19.2. The van der Waals surface area contributed by atoms with Crippen molar-refractivity contribution in [1.82, 2.24) is 25.0 Å². The van der Waals surface area contributed by atoms with Gasteiger partial charge in [-0.2, -0.15) is 4.39 Å². The van der Waals surface area contributed by atoms with Gasteiger partial charge in [0.05, 0.1) is 19.0 Å². The minimum Gasteiger partial charge on any atom is -0.494 e. The van der Waals surface area contributed by atoms with Crippen LogP contribution >= 0.6 is 0 Å². The Balaban J connectivity index is 1.40. The van der Waals surface area contributed by atoms with Gasteiger partial charge in [0.1, 0.15) is 0 Å². The number of imidazole rings is 1.